The lowest BCUT2D eigenvalue weighted by Crippen LogP contribution is -2.52. The first kappa shape index (κ1) is 24.4. The van der Waals surface area contributed by atoms with Gasteiger partial charge in [0.15, 0.2) is 0 Å². The molecule has 0 spiro atoms. The van der Waals surface area contributed by atoms with Crippen molar-refractivity contribution in [2.24, 2.45) is 0 Å². The summed E-state index contributed by atoms with van der Waals surface area (Å²) < 4.78 is 43.7. The predicted octanol–water partition coefficient (Wildman–Crippen LogP) is 5.09. The zero-order valence-electron chi connectivity index (χ0n) is 20.3. The number of H-pyrrole nitrogens is 1. The van der Waals surface area contributed by atoms with Crippen LogP contribution in [-0.4, -0.2) is 61.1 Å². The van der Waals surface area contributed by atoms with E-state index in [0.717, 1.165) is 52.1 Å². The molecule has 0 bridgehead atoms. The normalized spacial score (nSPS) is 18.8. The van der Waals surface area contributed by atoms with E-state index in [9.17, 15) is 12.8 Å². The van der Waals surface area contributed by atoms with E-state index in [1.165, 1.54) is 17.7 Å². The summed E-state index contributed by atoms with van der Waals surface area (Å²) in [6.07, 6.45) is 7.06. The molecule has 1 aromatic heterocycles. The molecule has 1 N–H and O–H groups in total. The number of halogens is 1. The second-order valence-electron chi connectivity index (χ2n) is 9.39. The summed E-state index contributed by atoms with van der Waals surface area (Å²) in [6, 6.07) is 10.8. The summed E-state index contributed by atoms with van der Waals surface area (Å²) >= 11 is 1.67. The van der Waals surface area contributed by atoms with Gasteiger partial charge in [-0.25, -0.2) is 4.39 Å². The van der Waals surface area contributed by atoms with Gasteiger partial charge in [-0.2, -0.15) is 12.7 Å². The standard InChI is InChI=1S/C26H31FN4O2S2/c1-18(2)31-17-20-14-22(34-3)5-7-26(20)30(35(31,32)33)13-12-29-10-8-19(9-11-29)24-16-28-25-15-21(27)4-6-23(24)25/h4-8,14-16,18,28H,9-13,17H2,1-3H3. The molecule has 0 saturated carbocycles. The third-order valence-corrected chi connectivity index (χ3v) is 9.74. The smallest absolute Gasteiger partial charge is 0.304 e. The molecular formula is C26H31FN4O2S2. The Kier molecular flexibility index (Phi) is 6.69. The van der Waals surface area contributed by atoms with Crippen molar-refractivity contribution in [3.63, 3.8) is 0 Å². The van der Waals surface area contributed by atoms with Crippen LogP contribution in [0.25, 0.3) is 16.5 Å². The first-order valence-corrected chi connectivity index (χ1v) is 14.5. The van der Waals surface area contributed by atoms with Crippen LogP contribution in [0.4, 0.5) is 10.1 Å². The van der Waals surface area contributed by atoms with E-state index >= 15 is 0 Å². The monoisotopic (exact) mass is 514 g/mol. The van der Waals surface area contributed by atoms with Gasteiger partial charge in [0.25, 0.3) is 0 Å². The number of hydrogen-bond donors (Lipinski definition) is 1. The molecule has 3 heterocycles. The number of rotatable bonds is 6. The minimum absolute atomic E-state index is 0.112. The number of fused-ring (bicyclic) bond motifs is 2. The van der Waals surface area contributed by atoms with Gasteiger partial charge < -0.3 is 4.98 Å². The van der Waals surface area contributed by atoms with Gasteiger partial charge in [-0.3, -0.25) is 9.21 Å². The highest BCUT2D eigenvalue weighted by Crippen LogP contribution is 2.36. The molecule has 0 atom stereocenters. The molecule has 186 valence electrons. The van der Waals surface area contributed by atoms with Crippen LogP contribution in [0.15, 0.2) is 53.6 Å². The number of aromatic nitrogens is 1. The zero-order chi connectivity index (χ0) is 24.7. The Morgan fingerprint density at radius 3 is 2.69 bits per heavy atom. The summed E-state index contributed by atoms with van der Waals surface area (Å²) in [7, 11) is -3.59. The van der Waals surface area contributed by atoms with E-state index in [4.69, 9.17) is 0 Å². The van der Waals surface area contributed by atoms with Crippen molar-refractivity contribution in [1.82, 2.24) is 14.2 Å². The van der Waals surface area contributed by atoms with Gasteiger partial charge in [0.2, 0.25) is 0 Å². The van der Waals surface area contributed by atoms with Gasteiger partial charge >= 0.3 is 10.2 Å². The van der Waals surface area contributed by atoms with E-state index in [2.05, 4.69) is 22.0 Å². The van der Waals surface area contributed by atoms with Crippen LogP contribution in [0.1, 0.15) is 31.4 Å². The average Bonchev–Trinajstić information content (AvgIpc) is 3.25. The molecule has 3 aromatic rings. The second-order valence-corrected chi connectivity index (χ2v) is 12.1. The zero-order valence-corrected chi connectivity index (χ0v) is 21.9. The Morgan fingerprint density at radius 1 is 1.14 bits per heavy atom. The molecule has 35 heavy (non-hydrogen) atoms. The van der Waals surface area contributed by atoms with Crippen LogP contribution in [0.3, 0.4) is 0 Å². The molecule has 9 heteroatoms. The van der Waals surface area contributed by atoms with Crippen LogP contribution in [0.5, 0.6) is 0 Å². The maximum atomic E-state index is 13.5. The fourth-order valence-electron chi connectivity index (χ4n) is 5.00. The van der Waals surface area contributed by atoms with Crippen LogP contribution in [0.2, 0.25) is 0 Å². The van der Waals surface area contributed by atoms with Crippen LogP contribution < -0.4 is 4.31 Å². The summed E-state index contributed by atoms with van der Waals surface area (Å²) in [5.41, 5.74) is 5.00. The molecule has 6 nitrogen and oxygen atoms in total. The maximum absolute atomic E-state index is 13.5. The van der Waals surface area contributed by atoms with Crippen molar-refractivity contribution in [3.05, 3.63) is 65.6 Å². The van der Waals surface area contributed by atoms with Crippen molar-refractivity contribution >= 4 is 44.1 Å². The van der Waals surface area contributed by atoms with Crippen molar-refractivity contribution < 1.29 is 12.8 Å². The summed E-state index contributed by atoms with van der Waals surface area (Å²) in [5, 5.41) is 1.03. The minimum atomic E-state index is -3.59. The molecule has 0 aliphatic carbocycles. The highest BCUT2D eigenvalue weighted by Gasteiger charge is 2.38. The first-order valence-electron chi connectivity index (χ1n) is 11.9. The first-order chi connectivity index (χ1) is 16.8. The van der Waals surface area contributed by atoms with Gasteiger partial charge in [0.05, 0.1) is 5.69 Å². The molecule has 0 saturated heterocycles. The molecule has 0 fully saturated rings. The summed E-state index contributed by atoms with van der Waals surface area (Å²) in [5.74, 6) is -0.246. The highest BCUT2D eigenvalue weighted by molar-refractivity contribution is 7.98. The second kappa shape index (κ2) is 9.61. The van der Waals surface area contributed by atoms with E-state index in [1.54, 1.807) is 20.4 Å². The van der Waals surface area contributed by atoms with Gasteiger partial charge in [-0.15, -0.1) is 11.8 Å². The Morgan fingerprint density at radius 2 is 1.97 bits per heavy atom. The topological polar surface area (TPSA) is 59.7 Å². The summed E-state index contributed by atoms with van der Waals surface area (Å²) in [4.78, 5) is 6.60. The molecule has 2 aliphatic heterocycles. The lowest BCUT2D eigenvalue weighted by Gasteiger charge is -2.40. The highest BCUT2D eigenvalue weighted by atomic mass is 32.2. The number of aromatic amines is 1. The van der Waals surface area contributed by atoms with Gasteiger partial charge in [-0.1, -0.05) is 6.08 Å². The molecule has 2 aromatic carbocycles. The number of hydrogen-bond acceptors (Lipinski definition) is 4. The lowest BCUT2D eigenvalue weighted by molar-refractivity contribution is 0.305. The average molecular weight is 515 g/mol. The number of nitrogens with one attached hydrogen (secondary N) is 1. The van der Waals surface area contributed by atoms with Crippen LogP contribution in [0, 0.1) is 5.82 Å². The van der Waals surface area contributed by atoms with Crippen molar-refractivity contribution in [2.45, 2.75) is 37.8 Å². The number of anilines is 1. The van der Waals surface area contributed by atoms with Gasteiger partial charge in [-0.05, 0) is 74.1 Å². The minimum Gasteiger partial charge on any atom is -0.360 e. The quantitative estimate of drug-likeness (QED) is 0.466. The Hall–Kier alpha value is -2.33. The Balaban J connectivity index is 1.33. The number of nitrogens with zero attached hydrogens (tertiary/aromatic N) is 3. The molecule has 5 rings (SSSR count). The van der Waals surface area contributed by atoms with Crippen molar-refractivity contribution in [1.29, 1.82) is 0 Å². The number of benzene rings is 2. The third-order valence-electron chi connectivity index (χ3n) is 6.93. The van der Waals surface area contributed by atoms with Gasteiger partial charge in [0.1, 0.15) is 5.82 Å². The SMILES string of the molecule is CSc1ccc2c(c1)CN(C(C)C)S(=O)(=O)N2CCN1CC=C(c2c[nH]c3cc(F)ccc23)CC1. The third kappa shape index (κ3) is 4.62. The molecule has 0 radical (unpaired) electrons. The fourth-order valence-corrected chi connectivity index (χ4v) is 7.29. The summed E-state index contributed by atoms with van der Waals surface area (Å²) in [6.45, 7) is 6.92. The number of thioether (sulfide) groups is 1. The lowest BCUT2D eigenvalue weighted by atomic mass is 9.99. The largest absolute Gasteiger partial charge is 0.360 e. The molecular weight excluding hydrogens is 483 g/mol. The van der Waals surface area contributed by atoms with Gasteiger partial charge in [0, 0.05) is 66.3 Å². The fraction of sp³-hybridized carbons (Fsp3) is 0.385. The van der Waals surface area contributed by atoms with E-state index in [-0.39, 0.29) is 11.9 Å². The van der Waals surface area contributed by atoms with E-state index in [1.807, 2.05) is 44.5 Å². The van der Waals surface area contributed by atoms with Crippen LogP contribution in [-0.2, 0) is 16.8 Å². The Bertz CT molecular complexity index is 1380. The van der Waals surface area contributed by atoms with Crippen LogP contribution >= 0.6 is 11.8 Å². The Labute approximate surface area is 211 Å². The maximum Gasteiger partial charge on any atom is 0.304 e. The van der Waals surface area contributed by atoms with E-state index in [0.29, 0.717) is 19.6 Å². The molecule has 2 aliphatic rings. The van der Waals surface area contributed by atoms with Crippen molar-refractivity contribution in [3.8, 4) is 0 Å². The van der Waals surface area contributed by atoms with E-state index < -0.39 is 10.2 Å². The van der Waals surface area contributed by atoms with Crippen molar-refractivity contribution in [2.75, 3.05) is 36.7 Å². The predicted molar refractivity (Wildman–Crippen MR) is 142 cm³/mol. The molecule has 0 amide bonds. The molecule has 0 unspecified atom stereocenters.